The molecule has 0 amide bonds. The summed E-state index contributed by atoms with van der Waals surface area (Å²) in [6, 6.07) is 7.09. The molecule has 3 rings (SSSR count). The molecule has 18 heavy (non-hydrogen) atoms. The zero-order valence-electron chi connectivity index (χ0n) is 11.2. The van der Waals surface area contributed by atoms with Gasteiger partial charge in [-0.25, -0.2) is 0 Å². The minimum atomic E-state index is 0.380. The Kier molecular flexibility index (Phi) is 3.44. The first kappa shape index (κ1) is 11.9. The van der Waals surface area contributed by atoms with Crippen molar-refractivity contribution in [1.82, 2.24) is 0 Å². The highest BCUT2D eigenvalue weighted by molar-refractivity contribution is 5.60. The smallest absolute Gasteiger partial charge is 0.142 e. The van der Waals surface area contributed by atoms with Gasteiger partial charge in [0.15, 0.2) is 0 Å². The van der Waals surface area contributed by atoms with Crippen LogP contribution < -0.4 is 10.1 Å². The van der Waals surface area contributed by atoms with Gasteiger partial charge in [-0.3, -0.25) is 0 Å². The molecule has 1 N–H and O–H groups in total. The SMILES string of the molecule is CCc1ccc2c(c1)NC1CCCCCCC1O2. The van der Waals surface area contributed by atoms with Crippen molar-refractivity contribution in [3.05, 3.63) is 23.8 Å². The summed E-state index contributed by atoms with van der Waals surface area (Å²) in [7, 11) is 0. The Balaban J connectivity index is 1.83. The molecule has 0 bridgehead atoms. The maximum absolute atomic E-state index is 6.21. The molecule has 2 atom stereocenters. The Morgan fingerprint density at radius 3 is 2.83 bits per heavy atom. The standard InChI is InChI=1S/C16H23NO/c1-2-12-9-10-16-14(11-12)17-13-7-5-3-4-6-8-15(13)18-16/h9-11,13,15,17H,2-8H2,1H3. The van der Waals surface area contributed by atoms with E-state index in [1.807, 2.05) is 0 Å². The van der Waals surface area contributed by atoms with Crippen LogP contribution in [-0.2, 0) is 6.42 Å². The van der Waals surface area contributed by atoms with E-state index in [1.54, 1.807) is 0 Å². The van der Waals surface area contributed by atoms with E-state index in [9.17, 15) is 0 Å². The Morgan fingerprint density at radius 1 is 1.17 bits per heavy atom. The lowest BCUT2D eigenvalue weighted by atomic mass is 9.92. The van der Waals surface area contributed by atoms with Crippen molar-refractivity contribution >= 4 is 5.69 Å². The number of benzene rings is 1. The van der Waals surface area contributed by atoms with Crippen molar-refractivity contribution < 1.29 is 4.74 Å². The van der Waals surface area contributed by atoms with Crippen LogP contribution in [0.25, 0.3) is 0 Å². The van der Waals surface area contributed by atoms with Crippen LogP contribution in [0.2, 0.25) is 0 Å². The summed E-state index contributed by atoms with van der Waals surface area (Å²) in [5.41, 5.74) is 2.59. The zero-order chi connectivity index (χ0) is 12.4. The highest BCUT2D eigenvalue weighted by atomic mass is 16.5. The van der Waals surface area contributed by atoms with E-state index in [1.165, 1.54) is 49.8 Å². The van der Waals surface area contributed by atoms with Crippen molar-refractivity contribution in [2.24, 2.45) is 0 Å². The van der Waals surface area contributed by atoms with Gasteiger partial charge in [-0.1, -0.05) is 32.3 Å². The van der Waals surface area contributed by atoms with Gasteiger partial charge < -0.3 is 10.1 Å². The number of hydrogen-bond donors (Lipinski definition) is 1. The molecule has 1 aromatic carbocycles. The summed E-state index contributed by atoms with van der Waals surface area (Å²) >= 11 is 0. The summed E-state index contributed by atoms with van der Waals surface area (Å²) in [5.74, 6) is 1.05. The molecule has 2 aliphatic rings. The summed E-state index contributed by atoms with van der Waals surface area (Å²) < 4.78 is 6.21. The molecule has 2 heteroatoms. The number of ether oxygens (including phenoxy) is 1. The van der Waals surface area contributed by atoms with Crippen LogP contribution in [0.1, 0.15) is 51.0 Å². The third kappa shape index (κ3) is 2.33. The fourth-order valence-corrected chi connectivity index (χ4v) is 3.13. The topological polar surface area (TPSA) is 21.3 Å². The van der Waals surface area contributed by atoms with Gasteiger partial charge in [0.1, 0.15) is 11.9 Å². The molecular weight excluding hydrogens is 222 g/mol. The predicted molar refractivity (Wildman–Crippen MR) is 75.3 cm³/mol. The van der Waals surface area contributed by atoms with Crippen LogP contribution in [0.15, 0.2) is 18.2 Å². The van der Waals surface area contributed by atoms with E-state index in [0.717, 1.165) is 12.2 Å². The van der Waals surface area contributed by atoms with Crippen molar-refractivity contribution in [3.63, 3.8) is 0 Å². The van der Waals surface area contributed by atoms with Crippen LogP contribution in [0.3, 0.4) is 0 Å². The Morgan fingerprint density at radius 2 is 2.00 bits per heavy atom. The minimum Gasteiger partial charge on any atom is -0.486 e. The van der Waals surface area contributed by atoms with E-state index >= 15 is 0 Å². The predicted octanol–water partition coefficient (Wildman–Crippen LogP) is 4.14. The van der Waals surface area contributed by atoms with Crippen molar-refractivity contribution in [2.75, 3.05) is 5.32 Å². The van der Waals surface area contributed by atoms with Crippen LogP contribution in [-0.4, -0.2) is 12.1 Å². The summed E-state index contributed by atoms with van der Waals surface area (Å²) in [6.07, 6.45) is 9.31. The fourth-order valence-electron chi connectivity index (χ4n) is 3.13. The van der Waals surface area contributed by atoms with Crippen molar-refractivity contribution in [2.45, 2.75) is 64.0 Å². The van der Waals surface area contributed by atoms with Gasteiger partial charge in [0.2, 0.25) is 0 Å². The molecule has 0 spiro atoms. The van der Waals surface area contributed by atoms with E-state index in [4.69, 9.17) is 4.74 Å². The average Bonchev–Trinajstić information content (AvgIpc) is 2.38. The fraction of sp³-hybridized carbons (Fsp3) is 0.625. The molecule has 2 unspecified atom stereocenters. The number of anilines is 1. The number of aryl methyl sites for hydroxylation is 1. The molecule has 1 aromatic rings. The van der Waals surface area contributed by atoms with Gasteiger partial charge in [0.05, 0.1) is 11.7 Å². The van der Waals surface area contributed by atoms with E-state index in [2.05, 4.69) is 30.4 Å². The molecule has 0 aromatic heterocycles. The normalized spacial score (nSPS) is 26.9. The molecule has 1 aliphatic heterocycles. The van der Waals surface area contributed by atoms with Crippen LogP contribution in [0, 0.1) is 0 Å². The van der Waals surface area contributed by atoms with Gasteiger partial charge in [0.25, 0.3) is 0 Å². The molecule has 2 nitrogen and oxygen atoms in total. The third-order valence-corrected chi connectivity index (χ3v) is 4.27. The lowest BCUT2D eigenvalue weighted by Gasteiger charge is -2.36. The summed E-state index contributed by atoms with van der Waals surface area (Å²) in [6.45, 7) is 2.20. The third-order valence-electron chi connectivity index (χ3n) is 4.27. The second-order valence-electron chi connectivity index (χ2n) is 5.58. The number of fused-ring (bicyclic) bond motifs is 2. The molecule has 1 fully saturated rings. The largest absolute Gasteiger partial charge is 0.486 e. The van der Waals surface area contributed by atoms with Gasteiger partial charge in [-0.15, -0.1) is 0 Å². The van der Waals surface area contributed by atoms with Crippen molar-refractivity contribution in [1.29, 1.82) is 0 Å². The average molecular weight is 245 g/mol. The highest BCUT2D eigenvalue weighted by Crippen LogP contribution is 2.36. The quantitative estimate of drug-likeness (QED) is 0.802. The molecular formula is C16H23NO. The lowest BCUT2D eigenvalue weighted by Crippen LogP contribution is -2.42. The van der Waals surface area contributed by atoms with E-state index in [0.29, 0.717) is 12.1 Å². The lowest BCUT2D eigenvalue weighted by molar-refractivity contribution is 0.143. The van der Waals surface area contributed by atoms with Gasteiger partial charge in [-0.2, -0.15) is 0 Å². The second kappa shape index (κ2) is 5.21. The second-order valence-corrected chi connectivity index (χ2v) is 5.58. The number of rotatable bonds is 1. The van der Waals surface area contributed by atoms with Crippen LogP contribution in [0.5, 0.6) is 5.75 Å². The van der Waals surface area contributed by atoms with Crippen LogP contribution >= 0.6 is 0 Å². The van der Waals surface area contributed by atoms with Crippen LogP contribution in [0.4, 0.5) is 5.69 Å². The van der Waals surface area contributed by atoms with Crippen molar-refractivity contribution in [3.8, 4) is 5.75 Å². The molecule has 1 saturated carbocycles. The first-order valence-electron chi connectivity index (χ1n) is 7.43. The van der Waals surface area contributed by atoms with Gasteiger partial charge >= 0.3 is 0 Å². The molecule has 1 aliphatic carbocycles. The van der Waals surface area contributed by atoms with E-state index in [-0.39, 0.29) is 0 Å². The minimum absolute atomic E-state index is 0.380. The first-order valence-corrected chi connectivity index (χ1v) is 7.43. The first-order chi connectivity index (χ1) is 8.86. The summed E-state index contributed by atoms with van der Waals surface area (Å²) in [5, 5.41) is 3.72. The number of hydrogen-bond acceptors (Lipinski definition) is 2. The zero-order valence-corrected chi connectivity index (χ0v) is 11.2. The van der Waals surface area contributed by atoms with Gasteiger partial charge in [0, 0.05) is 0 Å². The molecule has 98 valence electrons. The summed E-state index contributed by atoms with van der Waals surface area (Å²) in [4.78, 5) is 0. The molecule has 0 radical (unpaired) electrons. The Labute approximate surface area is 110 Å². The monoisotopic (exact) mass is 245 g/mol. The molecule has 0 saturated heterocycles. The maximum atomic E-state index is 6.21. The number of nitrogens with one attached hydrogen (secondary N) is 1. The van der Waals surface area contributed by atoms with E-state index < -0.39 is 0 Å². The Bertz CT molecular complexity index is 416. The maximum Gasteiger partial charge on any atom is 0.142 e. The van der Waals surface area contributed by atoms with Gasteiger partial charge in [-0.05, 0) is 43.4 Å². The highest BCUT2D eigenvalue weighted by Gasteiger charge is 2.29. The molecule has 1 heterocycles. The Hall–Kier alpha value is -1.18.